The zero-order valence-electron chi connectivity index (χ0n) is 13.5. The summed E-state index contributed by atoms with van der Waals surface area (Å²) < 4.78 is 0. The molecular weight excluding hydrogens is 322 g/mol. The van der Waals surface area contributed by atoms with Crippen molar-refractivity contribution in [2.45, 2.75) is 25.8 Å². The second-order valence-electron chi connectivity index (χ2n) is 6.14. The molecule has 0 spiro atoms. The van der Waals surface area contributed by atoms with Crippen LogP contribution in [0.15, 0.2) is 41.8 Å². The Labute approximate surface area is 147 Å². The SMILES string of the molecule is Cc1cccc(NC(=S)NC[C@@H](c2cccs2)[NH+]2CCCC2)c1. The van der Waals surface area contributed by atoms with Crippen molar-refractivity contribution in [2.75, 3.05) is 25.0 Å². The van der Waals surface area contributed by atoms with Crippen LogP contribution in [0.3, 0.4) is 0 Å². The molecule has 1 aliphatic rings. The molecule has 23 heavy (non-hydrogen) atoms. The fourth-order valence-corrected chi connectivity index (χ4v) is 4.29. The van der Waals surface area contributed by atoms with Crippen molar-refractivity contribution < 1.29 is 4.90 Å². The van der Waals surface area contributed by atoms with Crippen LogP contribution in [0.4, 0.5) is 5.69 Å². The maximum Gasteiger partial charge on any atom is 0.171 e. The van der Waals surface area contributed by atoms with Crippen LogP contribution in [-0.2, 0) is 0 Å². The van der Waals surface area contributed by atoms with Gasteiger partial charge in [0.2, 0.25) is 0 Å². The first-order valence-corrected chi connectivity index (χ1v) is 9.50. The van der Waals surface area contributed by atoms with E-state index in [4.69, 9.17) is 12.2 Å². The minimum absolute atomic E-state index is 0.495. The van der Waals surface area contributed by atoms with Gasteiger partial charge in [0.05, 0.1) is 24.5 Å². The number of thiocarbonyl (C=S) groups is 1. The van der Waals surface area contributed by atoms with E-state index in [9.17, 15) is 0 Å². The molecule has 3 N–H and O–H groups in total. The predicted octanol–water partition coefficient (Wildman–Crippen LogP) is 2.76. The Hall–Kier alpha value is -1.43. The monoisotopic (exact) mass is 346 g/mol. The third-order valence-corrected chi connectivity index (χ3v) is 5.60. The van der Waals surface area contributed by atoms with Crippen LogP contribution in [0.5, 0.6) is 0 Å². The molecule has 1 atom stereocenters. The van der Waals surface area contributed by atoms with Gasteiger partial charge in [-0.2, -0.15) is 0 Å². The first-order valence-electron chi connectivity index (χ1n) is 8.22. The summed E-state index contributed by atoms with van der Waals surface area (Å²) in [7, 11) is 0. The van der Waals surface area contributed by atoms with Gasteiger partial charge in [-0.3, -0.25) is 0 Å². The Morgan fingerprint density at radius 2 is 2.09 bits per heavy atom. The molecule has 1 aromatic heterocycles. The number of aryl methyl sites for hydroxylation is 1. The van der Waals surface area contributed by atoms with Crippen molar-refractivity contribution >= 4 is 34.4 Å². The van der Waals surface area contributed by atoms with E-state index in [1.54, 1.807) is 4.90 Å². The number of thiophene rings is 1. The molecule has 0 unspecified atom stereocenters. The highest BCUT2D eigenvalue weighted by Crippen LogP contribution is 2.17. The van der Waals surface area contributed by atoms with Gasteiger partial charge in [-0.15, -0.1) is 11.3 Å². The molecule has 1 saturated heterocycles. The van der Waals surface area contributed by atoms with Gasteiger partial charge >= 0.3 is 0 Å². The topological polar surface area (TPSA) is 28.5 Å². The fraction of sp³-hybridized carbons (Fsp3) is 0.389. The first-order chi connectivity index (χ1) is 11.2. The summed E-state index contributed by atoms with van der Waals surface area (Å²) in [5.41, 5.74) is 2.28. The Bertz CT molecular complexity index is 633. The van der Waals surface area contributed by atoms with E-state index >= 15 is 0 Å². The molecule has 0 saturated carbocycles. The van der Waals surface area contributed by atoms with Crippen LogP contribution in [0, 0.1) is 6.92 Å². The van der Waals surface area contributed by atoms with Crippen LogP contribution in [-0.4, -0.2) is 24.7 Å². The predicted molar refractivity (Wildman–Crippen MR) is 102 cm³/mol. The van der Waals surface area contributed by atoms with E-state index in [2.05, 4.69) is 47.2 Å². The van der Waals surface area contributed by atoms with Crippen molar-refractivity contribution in [3.8, 4) is 0 Å². The van der Waals surface area contributed by atoms with Crippen molar-refractivity contribution in [3.63, 3.8) is 0 Å². The minimum atomic E-state index is 0.495. The van der Waals surface area contributed by atoms with Gasteiger partial charge in [-0.05, 0) is 48.3 Å². The van der Waals surface area contributed by atoms with Crippen LogP contribution in [0.25, 0.3) is 0 Å². The summed E-state index contributed by atoms with van der Waals surface area (Å²) in [4.78, 5) is 3.13. The van der Waals surface area contributed by atoms with Crippen molar-refractivity contribution in [1.82, 2.24) is 5.32 Å². The molecule has 0 amide bonds. The average Bonchev–Trinajstić information content (AvgIpc) is 3.21. The summed E-state index contributed by atoms with van der Waals surface area (Å²) >= 11 is 7.32. The molecule has 0 bridgehead atoms. The van der Waals surface area contributed by atoms with Crippen LogP contribution >= 0.6 is 23.6 Å². The van der Waals surface area contributed by atoms with Crippen LogP contribution < -0.4 is 15.5 Å². The van der Waals surface area contributed by atoms with Crippen molar-refractivity contribution in [3.05, 3.63) is 52.2 Å². The minimum Gasteiger partial charge on any atom is -0.356 e. The van der Waals surface area contributed by atoms with E-state index < -0.39 is 0 Å². The molecule has 1 fully saturated rings. The average molecular weight is 347 g/mol. The molecule has 1 aromatic carbocycles. The molecule has 2 aromatic rings. The number of hydrogen-bond donors (Lipinski definition) is 3. The summed E-state index contributed by atoms with van der Waals surface area (Å²) in [5, 5.41) is 9.58. The molecule has 5 heteroatoms. The molecule has 3 nitrogen and oxygen atoms in total. The molecule has 0 aliphatic carbocycles. The second kappa shape index (κ2) is 7.90. The van der Waals surface area contributed by atoms with E-state index in [0.29, 0.717) is 11.2 Å². The van der Waals surface area contributed by atoms with Gasteiger partial charge < -0.3 is 15.5 Å². The quantitative estimate of drug-likeness (QED) is 0.727. The Morgan fingerprint density at radius 3 is 2.78 bits per heavy atom. The number of hydrogen-bond acceptors (Lipinski definition) is 2. The highest BCUT2D eigenvalue weighted by molar-refractivity contribution is 7.80. The molecular formula is C18H24N3S2+. The number of anilines is 1. The fourth-order valence-electron chi connectivity index (χ4n) is 3.21. The maximum absolute atomic E-state index is 5.47. The lowest BCUT2D eigenvalue weighted by Crippen LogP contribution is -3.11. The lowest BCUT2D eigenvalue weighted by molar-refractivity contribution is -0.918. The van der Waals surface area contributed by atoms with E-state index in [1.807, 2.05) is 23.5 Å². The highest BCUT2D eigenvalue weighted by atomic mass is 32.1. The highest BCUT2D eigenvalue weighted by Gasteiger charge is 2.28. The number of quaternary nitrogens is 1. The van der Waals surface area contributed by atoms with Crippen LogP contribution in [0.1, 0.15) is 29.3 Å². The van der Waals surface area contributed by atoms with E-state index in [-0.39, 0.29) is 0 Å². The van der Waals surface area contributed by atoms with Gasteiger partial charge in [0.15, 0.2) is 5.11 Å². The van der Waals surface area contributed by atoms with Crippen molar-refractivity contribution in [2.24, 2.45) is 0 Å². The first kappa shape index (κ1) is 16.4. The smallest absolute Gasteiger partial charge is 0.171 e. The Balaban J connectivity index is 1.59. The molecule has 3 rings (SSSR count). The summed E-state index contributed by atoms with van der Waals surface area (Å²) in [5.74, 6) is 0. The maximum atomic E-state index is 5.47. The Morgan fingerprint density at radius 1 is 1.26 bits per heavy atom. The van der Waals surface area contributed by atoms with Gasteiger partial charge in [-0.1, -0.05) is 18.2 Å². The van der Waals surface area contributed by atoms with Crippen LogP contribution in [0.2, 0.25) is 0 Å². The Kier molecular flexibility index (Phi) is 5.65. The normalized spacial score (nSPS) is 16.2. The van der Waals surface area contributed by atoms with E-state index in [0.717, 1.165) is 12.2 Å². The lowest BCUT2D eigenvalue weighted by atomic mass is 10.2. The largest absolute Gasteiger partial charge is 0.356 e. The molecule has 2 heterocycles. The van der Waals surface area contributed by atoms with Gasteiger partial charge in [0, 0.05) is 18.5 Å². The van der Waals surface area contributed by atoms with Gasteiger partial charge in [0.1, 0.15) is 6.04 Å². The zero-order valence-corrected chi connectivity index (χ0v) is 15.1. The zero-order chi connectivity index (χ0) is 16.1. The summed E-state index contributed by atoms with van der Waals surface area (Å²) in [6, 6.07) is 13.2. The molecule has 1 aliphatic heterocycles. The van der Waals surface area contributed by atoms with E-state index in [1.165, 1.54) is 36.4 Å². The summed E-state index contributed by atoms with van der Waals surface area (Å²) in [6.45, 7) is 5.50. The molecule has 0 radical (unpaired) electrons. The van der Waals surface area contributed by atoms with Crippen molar-refractivity contribution in [1.29, 1.82) is 0 Å². The van der Waals surface area contributed by atoms with Gasteiger partial charge in [-0.25, -0.2) is 0 Å². The second-order valence-corrected chi connectivity index (χ2v) is 7.53. The number of nitrogens with one attached hydrogen (secondary N) is 3. The summed E-state index contributed by atoms with van der Waals surface area (Å²) in [6.07, 6.45) is 2.67. The number of benzene rings is 1. The standard InChI is InChI=1S/C18H23N3S2/c1-14-6-4-7-15(12-14)20-18(22)19-13-16(17-8-5-11-23-17)21-9-2-3-10-21/h4-8,11-12,16H,2-3,9-10,13H2,1H3,(H2,19,20,22)/p+1/t16-/m0/s1. The molecule has 122 valence electrons. The lowest BCUT2D eigenvalue weighted by Gasteiger charge is -2.24. The number of likely N-dealkylation sites (tertiary alicyclic amines) is 1. The third-order valence-electron chi connectivity index (χ3n) is 4.37. The van der Waals surface area contributed by atoms with Gasteiger partial charge in [0.25, 0.3) is 0 Å². The third kappa shape index (κ3) is 4.53. The number of rotatable bonds is 5.